The first-order chi connectivity index (χ1) is 6.95. The molecule has 0 aliphatic rings. The summed E-state index contributed by atoms with van der Waals surface area (Å²) in [5, 5.41) is 21.0. The van der Waals surface area contributed by atoms with Crippen LogP contribution in [0.3, 0.4) is 0 Å². The fraction of sp³-hybridized carbons (Fsp3) is 0. The van der Waals surface area contributed by atoms with E-state index in [1.165, 1.54) is 6.07 Å². The van der Waals surface area contributed by atoms with Gasteiger partial charge in [0.05, 0.1) is 9.85 Å². The minimum absolute atomic E-state index is 0.379. The molecule has 9 heteroatoms. The Morgan fingerprint density at radius 3 is 2.20 bits per heavy atom. The van der Waals surface area contributed by atoms with Gasteiger partial charge < -0.3 is 0 Å². The zero-order valence-electron chi connectivity index (χ0n) is 6.95. The third-order valence-electron chi connectivity index (χ3n) is 1.53. The lowest BCUT2D eigenvalue weighted by molar-refractivity contribution is -0.424. The van der Waals surface area contributed by atoms with E-state index in [2.05, 4.69) is 0 Å². The van der Waals surface area contributed by atoms with Crippen molar-refractivity contribution in [2.75, 3.05) is 0 Å². The first kappa shape index (κ1) is 11.5. The van der Waals surface area contributed by atoms with E-state index in [1.807, 2.05) is 0 Å². The maximum absolute atomic E-state index is 10.9. The van der Waals surface area contributed by atoms with Gasteiger partial charge in [-0.1, -0.05) is 6.07 Å². The van der Waals surface area contributed by atoms with E-state index in [9.17, 15) is 24.4 Å². The minimum atomic E-state index is -2.16. The Morgan fingerprint density at radius 2 is 1.80 bits per heavy atom. The van der Waals surface area contributed by atoms with Crippen molar-refractivity contribution >= 4 is 32.1 Å². The molecule has 1 unspecified atom stereocenters. The highest BCUT2D eigenvalue weighted by molar-refractivity contribution is 8.08. The molecule has 0 spiro atoms. The second-order valence-corrected chi connectivity index (χ2v) is 4.09. The van der Waals surface area contributed by atoms with Crippen LogP contribution < -0.4 is 0 Å². The van der Waals surface area contributed by atoms with Crippen LogP contribution in [-0.4, -0.2) is 14.1 Å². The van der Waals surface area contributed by atoms with Crippen molar-refractivity contribution in [3.63, 3.8) is 0 Å². The van der Waals surface area contributed by atoms with Crippen LogP contribution in [0.25, 0.3) is 0 Å². The summed E-state index contributed by atoms with van der Waals surface area (Å²) in [4.78, 5) is 18.7. The van der Waals surface area contributed by atoms with Crippen LogP contribution in [0.1, 0.15) is 0 Å². The van der Waals surface area contributed by atoms with E-state index < -0.39 is 31.2 Å². The Morgan fingerprint density at radius 1 is 1.20 bits per heavy atom. The molecule has 0 heterocycles. The molecule has 1 rings (SSSR count). The number of nitrogens with zero attached hydrogens (tertiary/aromatic N) is 2. The molecule has 0 bridgehead atoms. The Bertz CT molecular complexity index is 431. The van der Waals surface area contributed by atoms with E-state index in [0.29, 0.717) is 0 Å². The quantitative estimate of drug-likeness (QED) is 0.462. The summed E-state index contributed by atoms with van der Waals surface area (Å²) in [6.07, 6.45) is 0. The van der Waals surface area contributed by atoms with Gasteiger partial charge in [0.1, 0.15) is 4.90 Å². The average molecular weight is 251 g/mol. The van der Waals surface area contributed by atoms with Gasteiger partial charge >= 0.3 is 11.4 Å². The van der Waals surface area contributed by atoms with E-state index in [-0.39, 0.29) is 4.90 Å². The first-order valence-electron chi connectivity index (χ1n) is 3.45. The fourth-order valence-corrected chi connectivity index (χ4v) is 1.86. The van der Waals surface area contributed by atoms with E-state index in [1.54, 1.807) is 0 Å². The summed E-state index contributed by atoms with van der Waals surface area (Å²) in [5.41, 5.74) is -1.57. The highest BCUT2D eigenvalue weighted by Gasteiger charge is 2.30. The molecular formula is C6H3ClN2O5S. The molecule has 15 heavy (non-hydrogen) atoms. The van der Waals surface area contributed by atoms with Crippen LogP contribution in [0.15, 0.2) is 23.1 Å². The standard InChI is InChI=1S/C6H3ClN2O5S/c7-15(14)5-3-1-2-4(8(10)11)6(5)9(12)13/h1-3H. The van der Waals surface area contributed by atoms with Crippen molar-refractivity contribution in [3.8, 4) is 0 Å². The van der Waals surface area contributed by atoms with Crippen molar-refractivity contribution in [1.29, 1.82) is 0 Å². The van der Waals surface area contributed by atoms with Gasteiger partial charge in [0.15, 0.2) is 10.0 Å². The molecule has 1 aromatic carbocycles. The number of benzene rings is 1. The summed E-state index contributed by atoms with van der Waals surface area (Å²) in [6.45, 7) is 0. The van der Waals surface area contributed by atoms with Crippen molar-refractivity contribution in [2.45, 2.75) is 4.90 Å². The largest absolute Gasteiger partial charge is 0.363 e. The number of hydrogen-bond donors (Lipinski definition) is 0. The van der Waals surface area contributed by atoms with Crippen LogP contribution in [-0.2, 0) is 10.0 Å². The number of nitro groups is 2. The molecule has 1 aromatic rings. The normalized spacial score (nSPS) is 12.1. The molecule has 0 radical (unpaired) electrons. The number of rotatable bonds is 3. The van der Waals surface area contributed by atoms with Crippen molar-refractivity contribution in [1.82, 2.24) is 0 Å². The SMILES string of the molecule is O=[N+]([O-])c1cccc(S(=O)Cl)c1[N+](=O)[O-]. The molecule has 0 N–H and O–H groups in total. The molecule has 7 nitrogen and oxygen atoms in total. The van der Waals surface area contributed by atoms with Crippen LogP contribution in [0.5, 0.6) is 0 Å². The molecule has 0 aromatic heterocycles. The lowest BCUT2D eigenvalue weighted by Gasteiger charge is -1.98. The van der Waals surface area contributed by atoms with Crippen LogP contribution in [0, 0.1) is 20.2 Å². The van der Waals surface area contributed by atoms with Crippen LogP contribution >= 0.6 is 10.7 Å². The zero-order valence-corrected chi connectivity index (χ0v) is 8.53. The smallest absolute Gasteiger partial charge is 0.258 e. The van der Waals surface area contributed by atoms with E-state index in [4.69, 9.17) is 10.7 Å². The van der Waals surface area contributed by atoms with Gasteiger partial charge in [-0.25, -0.2) is 4.21 Å². The molecule has 1 atom stereocenters. The molecule has 0 fully saturated rings. The predicted molar refractivity (Wildman–Crippen MR) is 52.0 cm³/mol. The van der Waals surface area contributed by atoms with Gasteiger partial charge in [-0.2, -0.15) is 0 Å². The Hall–Kier alpha value is -1.54. The number of para-hydroxylation sites is 1. The number of hydrogen-bond acceptors (Lipinski definition) is 5. The molecule has 80 valence electrons. The van der Waals surface area contributed by atoms with Gasteiger partial charge in [0, 0.05) is 6.07 Å². The maximum Gasteiger partial charge on any atom is 0.363 e. The Kier molecular flexibility index (Phi) is 3.32. The molecule has 0 amide bonds. The van der Waals surface area contributed by atoms with Crippen molar-refractivity contribution in [2.24, 2.45) is 0 Å². The third-order valence-corrected chi connectivity index (χ3v) is 2.70. The summed E-state index contributed by atoms with van der Waals surface area (Å²) in [5.74, 6) is 0. The summed E-state index contributed by atoms with van der Waals surface area (Å²) >= 11 is 0. The lowest BCUT2D eigenvalue weighted by atomic mass is 10.3. The van der Waals surface area contributed by atoms with Gasteiger partial charge in [-0.05, 0) is 16.7 Å². The van der Waals surface area contributed by atoms with Crippen LogP contribution in [0.2, 0.25) is 0 Å². The molecule has 0 saturated carbocycles. The Labute approximate surface area is 89.9 Å². The number of nitro benzene ring substituents is 2. The summed E-state index contributed by atoms with van der Waals surface area (Å²) < 4.78 is 10.9. The van der Waals surface area contributed by atoms with Crippen molar-refractivity contribution in [3.05, 3.63) is 38.4 Å². The minimum Gasteiger partial charge on any atom is -0.258 e. The second-order valence-electron chi connectivity index (χ2n) is 2.36. The topological polar surface area (TPSA) is 103 Å². The van der Waals surface area contributed by atoms with Gasteiger partial charge in [0.25, 0.3) is 0 Å². The van der Waals surface area contributed by atoms with Gasteiger partial charge in [0.2, 0.25) is 0 Å². The van der Waals surface area contributed by atoms with Gasteiger partial charge in [-0.3, -0.25) is 20.2 Å². The maximum atomic E-state index is 10.9. The van der Waals surface area contributed by atoms with Gasteiger partial charge in [-0.15, -0.1) is 0 Å². The van der Waals surface area contributed by atoms with Crippen LogP contribution in [0.4, 0.5) is 11.4 Å². The second kappa shape index (κ2) is 4.32. The molecular weight excluding hydrogens is 248 g/mol. The zero-order chi connectivity index (χ0) is 11.6. The van der Waals surface area contributed by atoms with Crippen molar-refractivity contribution < 1.29 is 14.1 Å². The molecule has 0 aliphatic carbocycles. The first-order valence-corrected chi connectivity index (χ1v) is 5.42. The highest BCUT2D eigenvalue weighted by atomic mass is 35.7. The molecule has 0 aliphatic heterocycles. The third kappa shape index (κ3) is 2.28. The highest BCUT2D eigenvalue weighted by Crippen LogP contribution is 2.33. The Balaban J connectivity index is 3.56. The predicted octanol–water partition coefficient (Wildman–Crippen LogP) is 1.76. The molecule has 0 saturated heterocycles. The fourth-order valence-electron chi connectivity index (χ4n) is 0.971. The monoisotopic (exact) mass is 250 g/mol. The van der Waals surface area contributed by atoms with E-state index >= 15 is 0 Å². The summed E-state index contributed by atoms with van der Waals surface area (Å²) in [7, 11) is 3.01. The number of halogens is 1. The summed E-state index contributed by atoms with van der Waals surface area (Å²) in [6, 6.07) is 3.24. The lowest BCUT2D eigenvalue weighted by Crippen LogP contribution is -2.00. The van der Waals surface area contributed by atoms with E-state index in [0.717, 1.165) is 12.1 Å². The average Bonchev–Trinajstić information content (AvgIpc) is 2.16.